The second-order valence-corrected chi connectivity index (χ2v) is 8.10. The highest BCUT2D eigenvalue weighted by Crippen LogP contribution is 2.28. The third-order valence-corrected chi connectivity index (χ3v) is 5.72. The number of amides is 1. The Bertz CT molecular complexity index is 1100. The zero-order valence-electron chi connectivity index (χ0n) is 17.2. The fraction of sp³-hybridized carbons (Fsp3) is 0.250. The summed E-state index contributed by atoms with van der Waals surface area (Å²) in [6, 6.07) is 12.1. The number of rotatable bonds is 8. The normalized spacial score (nSPS) is 10.7. The minimum atomic E-state index is -0.594. The fourth-order valence-corrected chi connectivity index (χ4v) is 3.85. The van der Waals surface area contributed by atoms with Crippen LogP contribution >= 0.6 is 23.4 Å². The highest BCUT2D eigenvalue weighted by atomic mass is 35.5. The number of hydrogen-bond acceptors (Lipinski definition) is 7. The van der Waals surface area contributed by atoms with E-state index in [-0.39, 0.29) is 22.4 Å². The van der Waals surface area contributed by atoms with E-state index in [1.807, 2.05) is 54.8 Å². The highest BCUT2D eigenvalue weighted by molar-refractivity contribution is 7.99. The number of nitrogens with one attached hydrogen (secondary N) is 1. The monoisotopic (exact) mass is 460 g/mol. The zero-order chi connectivity index (χ0) is 22.5. The number of hydrogen-bond donors (Lipinski definition) is 1. The molecule has 0 fully saturated rings. The van der Waals surface area contributed by atoms with Crippen molar-refractivity contribution in [3.63, 3.8) is 0 Å². The Labute approximate surface area is 188 Å². The molecule has 0 aliphatic carbocycles. The Hall–Kier alpha value is -3.11. The molecule has 0 aliphatic heterocycles. The predicted molar refractivity (Wildman–Crippen MR) is 123 cm³/mol. The molecule has 0 bridgehead atoms. The third-order valence-electron chi connectivity index (χ3n) is 4.43. The lowest BCUT2D eigenvalue weighted by atomic mass is 10.2. The van der Waals surface area contributed by atoms with Crippen molar-refractivity contribution in [1.82, 2.24) is 14.8 Å². The van der Waals surface area contributed by atoms with Gasteiger partial charge in [-0.3, -0.25) is 14.9 Å². The lowest BCUT2D eigenvalue weighted by Gasteiger charge is -2.13. The summed E-state index contributed by atoms with van der Waals surface area (Å²) in [6.07, 6.45) is 0. The van der Waals surface area contributed by atoms with Gasteiger partial charge in [0.15, 0.2) is 11.0 Å². The van der Waals surface area contributed by atoms with Crippen LogP contribution in [0.2, 0.25) is 5.02 Å². The molecule has 0 spiro atoms. The van der Waals surface area contributed by atoms with Crippen LogP contribution < -0.4 is 10.2 Å². The smallest absolute Gasteiger partial charge is 0.289 e. The number of anilines is 2. The molecule has 1 N–H and O–H groups in total. The summed E-state index contributed by atoms with van der Waals surface area (Å²) < 4.78 is 1.94. The first-order chi connectivity index (χ1) is 14.8. The maximum Gasteiger partial charge on any atom is 0.289 e. The van der Waals surface area contributed by atoms with Crippen LogP contribution in [0.3, 0.4) is 0 Å². The van der Waals surface area contributed by atoms with Gasteiger partial charge in [0.25, 0.3) is 5.69 Å². The van der Waals surface area contributed by atoms with Gasteiger partial charge in [0.2, 0.25) is 5.91 Å². The van der Waals surface area contributed by atoms with Crippen LogP contribution in [0.5, 0.6) is 0 Å². The number of nitro benzene ring substituents is 1. The van der Waals surface area contributed by atoms with E-state index in [0.717, 1.165) is 17.1 Å². The van der Waals surface area contributed by atoms with E-state index in [1.165, 1.54) is 30.0 Å². The predicted octanol–water partition coefficient (Wildman–Crippen LogP) is 4.32. The van der Waals surface area contributed by atoms with E-state index in [0.29, 0.717) is 17.4 Å². The molecule has 31 heavy (non-hydrogen) atoms. The largest absolute Gasteiger partial charge is 0.378 e. The molecule has 0 radical (unpaired) electrons. The van der Waals surface area contributed by atoms with Crippen LogP contribution in [0.1, 0.15) is 6.92 Å². The molecule has 2 aromatic carbocycles. The van der Waals surface area contributed by atoms with E-state index in [1.54, 1.807) is 0 Å². The Balaban J connectivity index is 1.69. The van der Waals surface area contributed by atoms with Gasteiger partial charge >= 0.3 is 0 Å². The van der Waals surface area contributed by atoms with Crippen molar-refractivity contribution >= 4 is 46.3 Å². The molecule has 0 aliphatic rings. The SMILES string of the molecule is CCn1c(SCC(=O)Nc2ccc(Cl)c([N+](=O)[O-])c2)nnc1-c1ccc(N(C)C)cc1. The molecule has 11 heteroatoms. The number of thioether (sulfide) groups is 1. The Morgan fingerprint density at radius 3 is 2.55 bits per heavy atom. The standard InChI is InChI=1S/C20H21ClN6O3S/c1-4-26-19(13-5-8-15(9-6-13)25(2)3)23-24-20(26)31-12-18(28)22-14-7-10-16(21)17(11-14)27(29)30/h5-11H,4,12H2,1-3H3,(H,22,28). The van der Waals surface area contributed by atoms with Crippen molar-refractivity contribution in [3.05, 3.63) is 57.6 Å². The van der Waals surface area contributed by atoms with Crippen LogP contribution in [0.15, 0.2) is 47.6 Å². The van der Waals surface area contributed by atoms with Gasteiger partial charge in [-0.05, 0) is 43.3 Å². The quantitative estimate of drug-likeness (QED) is 0.303. The summed E-state index contributed by atoms with van der Waals surface area (Å²) in [6.45, 7) is 2.63. The van der Waals surface area contributed by atoms with Crippen LogP contribution in [0.25, 0.3) is 11.4 Å². The molecule has 0 saturated heterocycles. The van der Waals surface area contributed by atoms with Crippen molar-refractivity contribution in [3.8, 4) is 11.4 Å². The summed E-state index contributed by atoms with van der Waals surface area (Å²) in [5.74, 6) is 0.488. The maximum absolute atomic E-state index is 12.3. The maximum atomic E-state index is 12.3. The number of nitro groups is 1. The Morgan fingerprint density at radius 1 is 1.23 bits per heavy atom. The van der Waals surface area contributed by atoms with Crippen molar-refractivity contribution in [2.24, 2.45) is 0 Å². The number of benzene rings is 2. The topological polar surface area (TPSA) is 106 Å². The van der Waals surface area contributed by atoms with Gasteiger partial charge in [-0.15, -0.1) is 10.2 Å². The second kappa shape index (κ2) is 9.80. The number of nitrogens with zero attached hydrogens (tertiary/aromatic N) is 5. The van der Waals surface area contributed by atoms with Gasteiger partial charge in [0.1, 0.15) is 5.02 Å². The summed E-state index contributed by atoms with van der Waals surface area (Å²) in [5, 5.41) is 22.8. The highest BCUT2D eigenvalue weighted by Gasteiger charge is 2.17. The lowest BCUT2D eigenvalue weighted by Crippen LogP contribution is -2.14. The first kappa shape index (κ1) is 22.6. The number of halogens is 1. The first-order valence-corrected chi connectivity index (χ1v) is 10.7. The molecule has 0 atom stereocenters. The number of aromatic nitrogens is 3. The second-order valence-electron chi connectivity index (χ2n) is 6.75. The number of carbonyl (C=O) groups excluding carboxylic acids is 1. The van der Waals surface area contributed by atoms with Gasteiger partial charge < -0.3 is 14.8 Å². The minimum Gasteiger partial charge on any atom is -0.378 e. The van der Waals surface area contributed by atoms with Crippen molar-refractivity contribution < 1.29 is 9.72 Å². The van der Waals surface area contributed by atoms with Crippen LogP contribution in [0, 0.1) is 10.1 Å². The third kappa shape index (κ3) is 5.33. The molecule has 0 saturated carbocycles. The molecule has 162 valence electrons. The minimum absolute atomic E-state index is 0.0135. The molecule has 1 aromatic heterocycles. The summed E-state index contributed by atoms with van der Waals surface area (Å²) in [7, 11) is 3.96. The Kier molecular flexibility index (Phi) is 7.13. The summed E-state index contributed by atoms with van der Waals surface area (Å²) in [4.78, 5) is 24.8. The first-order valence-electron chi connectivity index (χ1n) is 9.37. The van der Waals surface area contributed by atoms with Crippen molar-refractivity contribution in [2.45, 2.75) is 18.6 Å². The fourth-order valence-electron chi connectivity index (χ4n) is 2.86. The van der Waals surface area contributed by atoms with E-state index < -0.39 is 4.92 Å². The number of carbonyl (C=O) groups is 1. The molecule has 9 nitrogen and oxygen atoms in total. The van der Waals surface area contributed by atoms with Crippen LogP contribution in [-0.2, 0) is 11.3 Å². The summed E-state index contributed by atoms with van der Waals surface area (Å²) >= 11 is 7.05. The molecule has 1 amide bonds. The van der Waals surface area contributed by atoms with Gasteiger partial charge in [-0.2, -0.15) is 0 Å². The van der Waals surface area contributed by atoms with E-state index in [2.05, 4.69) is 15.5 Å². The van der Waals surface area contributed by atoms with Crippen molar-refractivity contribution in [2.75, 3.05) is 30.1 Å². The van der Waals surface area contributed by atoms with Crippen LogP contribution in [-0.4, -0.2) is 45.4 Å². The van der Waals surface area contributed by atoms with Gasteiger partial charge in [-0.1, -0.05) is 23.4 Å². The van der Waals surface area contributed by atoms with Gasteiger partial charge in [0.05, 0.1) is 10.7 Å². The van der Waals surface area contributed by atoms with Crippen molar-refractivity contribution in [1.29, 1.82) is 0 Å². The molecule has 0 unspecified atom stereocenters. The molecule has 3 rings (SSSR count). The average Bonchev–Trinajstić information content (AvgIpc) is 3.16. The van der Waals surface area contributed by atoms with E-state index in [9.17, 15) is 14.9 Å². The summed E-state index contributed by atoms with van der Waals surface area (Å²) in [5.41, 5.74) is 2.06. The average molecular weight is 461 g/mol. The zero-order valence-corrected chi connectivity index (χ0v) is 18.8. The molecule has 3 aromatic rings. The van der Waals surface area contributed by atoms with Gasteiger partial charge in [0, 0.05) is 43.6 Å². The molecule has 1 heterocycles. The van der Waals surface area contributed by atoms with Crippen LogP contribution in [0.4, 0.5) is 17.1 Å². The Morgan fingerprint density at radius 2 is 1.94 bits per heavy atom. The molecular formula is C20H21ClN6O3S. The van der Waals surface area contributed by atoms with E-state index >= 15 is 0 Å². The van der Waals surface area contributed by atoms with E-state index in [4.69, 9.17) is 11.6 Å². The lowest BCUT2D eigenvalue weighted by molar-refractivity contribution is -0.384. The van der Waals surface area contributed by atoms with Gasteiger partial charge in [-0.25, -0.2) is 0 Å². The molecular weight excluding hydrogens is 440 g/mol.